The molecule has 2 N–H and O–H groups in total. The number of ketones is 1. The molecule has 0 unspecified atom stereocenters. The van der Waals surface area contributed by atoms with Crippen molar-refractivity contribution >= 4 is 29.1 Å². The van der Waals surface area contributed by atoms with Crippen molar-refractivity contribution in [1.29, 1.82) is 0 Å². The highest BCUT2D eigenvalue weighted by Crippen LogP contribution is 2.25. The molecule has 3 rings (SSSR count). The Balaban J connectivity index is 1.65. The lowest BCUT2D eigenvalue weighted by atomic mass is 9.97. The number of Topliss-reactive ketones (excluding diaryl/α,β-unsaturated/α-hetero) is 1. The predicted molar refractivity (Wildman–Crippen MR) is 114 cm³/mol. The predicted octanol–water partition coefficient (Wildman–Crippen LogP) is 3.19. The Morgan fingerprint density at radius 3 is 2.39 bits per heavy atom. The van der Waals surface area contributed by atoms with E-state index in [1.807, 2.05) is 12.1 Å². The number of carbonyl (C=O) groups is 3. The van der Waals surface area contributed by atoms with Crippen LogP contribution in [0.3, 0.4) is 0 Å². The van der Waals surface area contributed by atoms with Crippen LogP contribution < -0.4 is 10.7 Å². The minimum Gasteiger partial charge on any atom is -0.453 e. The molecule has 0 fully saturated rings. The fourth-order valence-electron chi connectivity index (χ4n) is 3.22. The van der Waals surface area contributed by atoms with Crippen LogP contribution in [0.5, 0.6) is 0 Å². The molecule has 1 aliphatic heterocycles. The summed E-state index contributed by atoms with van der Waals surface area (Å²) in [5, 5.41) is 5.38. The summed E-state index contributed by atoms with van der Waals surface area (Å²) in [6.07, 6.45) is 0.928. The first-order valence-corrected chi connectivity index (χ1v) is 10.0. The molecule has 1 aliphatic rings. The van der Waals surface area contributed by atoms with Gasteiger partial charge in [-0.2, -0.15) is 5.10 Å². The van der Waals surface area contributed by atoms with E-state index in [1.54, 1.807) is 12.1 Å². The minimum atomic E-state index is -0.906. The van der Waals surface area contributed by atoms with Gasteiger partial charge in [-0.3, -0.25) is 14.6 Å². The van der Waals surface area contributed by atoms with E-state index in [-0.39, 0.29) is 17.9 Å². The summed E-state index contributed by atoms with van der Waals surface area (Å²) in [6, 6.07) is 11.6. The summed E-state index contributed by atoms with van der Waals surface area (Å²) < 4.78 is 18.3. The lowest BCUT2D eigenvalue weighted by molar-refractivity contribution is -0.134. The van der Waals surface area contributed by atoms with Crippen molar-refractivity contribution in [3.8, 4) is 0 Å². The van der Waals surface area contributed by atoms with Gasteiger partial charge in [0, 0.05) is 12.0 Å². The van der Waals surface area contributed by atoms with Crippen LogP contribution in [-0.4, -0.2) is 36.0 Å². The lowest BCUT2D eigenvalue weighted by Gasteiger charge is -2.20. The Hall–Kier alpha value is -3.55. The van der Waals surface area contributed by atoms with E-state index < -0.39 is 30.3 Å². The number of carbonyl (C=O) groups excluding carboxylic acids is 3. The van der Waals surface area contributed by atoms with Gasteiger partial charge in [0.05, 0.1) is 5.69 Å². The Kier molecular flexibility index (Phi) is 6.79. The molecule has 162 valence electrons. The zero-order valence-corrected chi connectivity index (χ0v) is 17.4. The number of ether oxygens (including phenoxy) is 1. The molecule has 2 atom stereocenters. The van der Waals surface area contributed by atoms with E-state index in [0.717, 1.165) is 12.0 Å². The smallest absolute Gasteiger partial charge is 0.355 e. The summed E-state index contributed by atoms with van der Waals surface area (Å²) in [5.74, 6) is -1.89. The number of esters is 1. The zero-order chi connectivity index (χ0) is 22.5. The Bertz CT molecular complexity index is 1000. The second-order valence-corrected chi connectivity index (χ2v) is 7.42. The highest BCUT2D eigenvalue weighted by molar-refractivity contribution is 6.38. The number of halogens is 1. The van der Waals surface area contributed by atoms with Crippen molar-refractivity contribution in [3.63, 3.8) is 0 Å². The Morgan fingerprint density at radius 1 is 1.16 bits per heavy atom. The first-order valence-electron chi connectivity index (χ1n) is 10.0. The van der Waals surface area contributed by atoms with Crippen LogP contribution in [0.4, 0.5) is 10.1 Å². The third kappa shape index (κ3) is 5.14. The van der Waals surface area contributed by atoms with Gasteiger partial charge in [0.25, 0.3) is 0 Å². The first kappa shape index (κ1) is 22.1. The van der Waals surface area contributed by atoms with Crippen molar-refractivity contribution < 1.29 is 23.5 Å². The van der Waals surface area contributed by atoms with Gasteiger partial charge in [0.2, 0.25) is 5.91 Å². The van der Waals surface area contributed by atoms with Crippen LogP contribution in [-0.2, 0) is 14.3 Å². The van der Waals surface area contributed by atoms with Gasteiger partial charge in [0.15, 0.2) is 12.4 Å². The molecule has 0 saturated carbocycles. The highest BCUT2D eigenvalue weighted by atomic mass is 19.1. The maximum atomic E-state index is 13.2. The molecule has 1 heterocycles. The number of nitrogens with two attached hydrogens (primary N) is 1. The molecule has 0 saturated heterocycles. The standard InChI is InChI=1S/C23H24FN3O4/c1-3-14(2)15-4-6-16(7-5-15)21(28)13-31-23(30)19-12-20(22(25)29)27(26-19)18-10-8-17(24)9-11-18/h4-11,14,20H,3,12-13H2,1-2H3,(H2,25,29)/t14-,20+/m0/s1. The fraction of sp³-hybridized carbons (Fsp3) is 0.304. The molecular weight excluding hydrogens is 401 g/mol. The summed E-state index contributed by atoms with van der Waals surface area (Å²) in [6.45, 7) is 3.75. The van der Waals surface area contributed by atoms with Gasteiger partial charge in [-0.15, -0.1) is 0 Å². The number of hydrogen-bond donors (Lipinski definition) is 1. The molecule has 2 aromatic rings. The molecule has 7 nitrogen and oxygen atoms in total. The number of hydrogen-bond acceptors (Lipinski definition) is 6. The molecule has 8 heteroatoms. The van der Waals surface area contributed by atoms with Crippen LogP contribution in [0.15, 0.2) is 53.6 Å². The fourth-order valence-corrected chi connectivity index (χ4v) is 3.22. The van der Waals surface area contributed by atoms with E-state index in [2.05, 4.69) is 18.9 Å². The summed E-state index contributed by atoms with van der Waals surface area (Å²) in [5.41, 5.74) is 7.37. The van der Waals surface area contributed by atoms with Crippen molar-refractivity contribution in [3.05, 3.63) is 65.5 Å². The number of anilines is 1. The minimum absolute atomic E-state index is 0.0342. The second kappa shape index (κ2) is 9.51. The number of benzene rings is 2. The molecule has 0 bridgehead atoms. The van der Waals surface area contributed by atoms with E-state index in [4.69, 9.17) is 10.5 Å². The summed E-state index contributed by atoms with van der Waals surface area (Å²) in [7, 11) is 0. The van der Waals surface area contributed by atoms with Crippen molar-refractivity contribution in [2.75, 3.05) is 11.6 Å². The normalized spacial score (nSPS) is 16.5. The molecule has 0 spiro atoms. The number of amides is 1. The first-order chi connectivity index (χ1) is 14.8. The Morgan fingerprint density at radius 2 is 1.81 bits per heavy atom. The highest BCUT2D eigenvalue weighted by Gasteiger charge is 2.35. The topological polar surface area (TPSA) is 102 Å². The number of hydrazone groups is 1. The summed E-state index contributed by atoms with van der Waals surface area (Å²) in [4.78, 5) is 36.6. The third-order valence-electron chi connectivity index (χ3n) is 5.31. The van der Waals surface area contributed by atoms with Crippen LogP contribution in [0.2, 0.25) is 0 Å². The maximum Gasteiger partial charge on any atom is 0.355 e. The molecule has 0 aromatic heterocycles. The van der Waals surface area contributed by atoms with E-state index in [9.17, 15) is 18.8 Å². The quantitative estimate of drug-likeness (QED) is 0.517. The van der Waals surface area contributed by atoms with Crippen LogP contribution in [0.25, 0.3) is 0 Å². The number of primary amides is 1. The Labute approximate surface area is 179 Å². The second-order valence-electron chi connectivity index (χ2n) is 7.42. The molecule has 1 amide bonds. The summed E-state index contributed by atoms with van der Waals surface area (Å²) >= 11 is 0. The molecule has 31 heavy (non-hydrogen) atoms. The molecule has 0 radical (unpaired) electrons. The maximum absolute atomic E-state index is 13.2. The van der Waals surface area contributed by atoms with Gasteiger partial charge in [-0.1, -0.05) is 38.1 Å². The molecular formula is C23H24FN3O4. The van der Waals surface area contributed by atoms with Gasteiger partial charge in [0.1, 0.15) is 17.6 Å². The van der Waals surface area contributed by atoms with Crippen LogP contribution in [0.1, 0.15) is 48.5 Å². The SMILES string of the molecule is CC[C@H](C)c1ccc(C(=O)COC(=O)C2=NN(c3ccc(F)cc3)[C@@H](C(N)=O)C2)cc1. The zero-order valence-electron chi connectivity index (χ0n) is 17.4. The van der Waals surface area contributed by atoms with Gasteiger partial charge in [-0.25, -0.2) is 9.18 Å². The number of nitrogens with zero attached hydrogens (tertiary/aromatic N) is 2. The monoisotopic (exact) mass is 425 g/mol. The third-order valence-corrected chi connectivity index (χ3v) is 5.31. The van der Waals surface area contributed by atoms with Gasteiger partial charge in [-0.05, 0) is 42.2 Å². The lowest BCUT2D eigenvalue weighted by Crippen LogP contribution is -2.39. The number of rotatable bonds is 8. The van der Waals surface area contributed by atoms with E-state index in [0.29, 0.717) is 17.2 Å². The van der Waals surface area contributed by atoms with Crippen molar-refractivity contribution in [1.82, 2.24) is 0 Å². The largest absolute Gasteiger partial charge is 0.453 e. The van der Waals surface area contributed by atoms with Gasteiger partial charge >= 0.3 is 5.97 Å². The van der Waals surface area contributed by atoms with Crippen LogP contribution in [0, 0.1) is 5.82 Å². The molecule has 2 aromatic carbocycles. The van der Waals surface area contributed by atoms with Crippen molar-refractivity contribution in [2.45, 2.75) is 38.6 Å². The van der Waals surface area contributed by atoms with E-state index >= 15 is 0 Å². The van der Waals surface area contributed by atoms with Crippen molar-refractivity contribution in [2.24, 2.45) is 10.8 Å². The van der Waals surface area contributed by atoms with E-state index in [1.165, 1.54) is 29.3 Å². The van der Waals surface area contributed by atoms with Gasteiger partial charge < -0.3 is 10.5 Å². The average molecular weight is 425 g/mol. The average Bonchev–Trinajstić information content (AvgIpc) is 3.23. The molecule has 0 aliphatic carbocycles. The van der Waals surface area contributed by atoms with Crippen LogP contribution >= 0.6 is 0 Å².